The van der Waals surface area contributed by atoms with Crippen molar-refractivity contribution in [2.24, 2.45) is 0 Å². The highest BCUT2D eigenvalue weighted by Gasteiger charge is 2.20. The molecule has 0 aliphatic heterocycles. The molecule has 3 nitrogen and oxygen atoms in total. The largest absolute Gasteiger partial charge is 0.381 e. The zero-order valence-corrected chi connectivity index (χ0v) is 12.6. The Labute approximate surface area is 112 Å². The molecule has 0 bridgehead atoms. The minimum absolute atomic E-state index is 0.0465. The summed E-state index contributed by atoms with van der Waals surface area (Å²) in [5.41, 5.74) is -0.139. The van der Waals surface area contributed by atoms with Crippen LogP contribution in [0.5, 0.6) is 0 Å². The number of aliphatic hydroxyl groups is 2. The molecule has 0 unspecified atom stereocenters. The van der Waals surface area contributed by atoms with Crippen molar-refractivity contribution in [3.05, 3.63) is 35.1 Å². The number of hydrogen-bond acceptors (Lipinski definition) is 3. The van der Waals surface area contributed by atoms with Gasteiger partial charge in [-0.05, 0) is 19.3 Å². The van der Waals surface area contributed by atoms with E-state index in [2.05, 4.69) is 4.43 Å². The average Bonchev–Trinajstić information content (AvgIpc) is 2.31. The van der Waals surface area contributed by atoms with Gasteiger partial charge in [0, 0.05) is 24.1 Å². The normalized spacial score (nSPS) is 12.1. The second kappa shape index (κ2) is 7.04. The molecule has 0 heterocycles. The van der Waals surface area contributed by atoms with Gasteiger partial charge in [0.1, 0.15) is 17.5 Å². The van der Waals surface area contributed by atoms with E-state index < -0.39 is 23.4 Å². The highest BCUT2D eigenvalue weighted by Crippen LogP contribution is 2.19. The van der Waals surface area contributed by atoms with E-state index in [0.717, 1.165) is 0 Å². The highest BCUT2D eigenvalue weighted by atomic mass is 28.2. The van der Waals surface area contributed by atoms with Crippen molar-refractivity contribution < 1.29 is 27.8 Å². The Morgan fingerprint density at radius 3 is 2.16 bits per heavy atom. The van der Waals surface area contributed by atoms with Crippen molar-refractivity contribution in [2.45, 2.75) is 38.1 Å². The van der Waals surface area contributed by atoms with Crippen LogP contribution in [0.25, 0.3) is 0 Å². The van der Waals surface area contributed by atoms with Gasteiger partial charge in [0.2, 0.25) is 0 Å². The van der Waals surface area contributed by atoms with Gasteiger partial charge in [-0.3, -0.25) is 0 Å². The fourth-order valence-corrected chi connectivity index (χ4v) is 1.95. The van der Waals surface area contributed by atoms with Crippen LogP contribution in [0.15, 0.2) is 12.1 Å². The zero-order chi connectivity index (χ0) is 14.5. The molecule has 0 aliphatic rings. The first kappa shape index (κ1) is 16.2. The van der Waals surface area contributed by atoms with Gasteiger partial charge in [-0.15, -0.1) is 0 Å². The summed E-state index contributed by atoms with van der Waals surface area (Å²) in [6.45, 7) is 0. The van der Waals surface area contributed by atoms with E-state index in [-0.39, 0.29) is 28.9 Å². The summed E-state index contributed by atoms with van der Waals surface area (Å²) >= 11 is 0. The summed E-state index contributed by atoms with van der Waals surface area (Å²) in [4.78, 5) is 0. The van der Waals surface area contributed by atoms with E-state index in [4.69, 9.17) is 10.2 Å². The first-order chi connectivity index (χ1) is 8.85. The molecule has 0 atom stereocenters. The monoisotopic (exact) mass is 294 g/mol. The van der Waals surface area contributed by atoms with E-state index in [0.29, 0.717) is 31.4 Å². The number of rotatable bonds is 7. The smallest absolute Gasteiger partial charge is 0.267 e. The van der Waals surface area contributed by atoms with Crippen molar-refractivity contribution in [2.75, 3.05) is 0 Å². The Balaban J connectivity index is 2.38. The summed E-state index contributed by atoms with van der Waals surface area (Å²) < 4.78 is 43.8. The van der Waals surface area contributed by atoms with Gasteiger partial charge >= 0.3 is 0 Å². The third-order valence-electron chi connectivity index (χ3n) is 2.86. The Hall–Kier alpha value is -0.893. The van der Waals surface area contributed by atoms with Crippen LogP contribution in [0.4, 0.5) is 13.2 Å². The van der Waals surface area contributed by atoms with Gasteiger partial charge in [-0.2, -0.15) is 0 Å². The fraction of sp³-hybridized carbons (Fsp3) is 0.500. The average molecular weight is 294 g/mol. The van der Waals surface area contributed by atoms with E-state index in [1.807, 2.05) is 0 Å². The third kappa shape index (κ3) is 5.31. The standard InChI is InChI=1S/C12H17F3O3Si/c13-8-6-10(14)9(11(15)7-8)4-2-1-3-5-12(16,17)18-19/h6-7,16-17H,1-5H2,19H3. The molecular weight excluding hydrogens is 277 g/mol. The topological polar surface area (TPSA) is 49.7 Å². The summed E-state index contributed by atoms with van der Waals surface area (Å²) in [5.74, 6) is -4.81. The van der Waals surface area contributed by atoms with Crippen LogP contribution in [-0.4, -0.2) is 26.7 Å². The molecule has 1 aromatic carbocycles. The van der Waals surface area contributed by atoms with E-state index in [9.17, 15) is 13.2 Å². The van der Waals surface area contributed by atoms with Gasteiger partial charge < -0.3 is 14.6 Å². The number of benzene rings is 1. The van der Waals surface area contributed by atoms with Crippen LogP contribution in [0.1, 0.15) is 31.2 Å². The van der Waals surface area contributed by atoms with Crippen LogP contribution in [0.3, 0.4) is 0 Å². The van der Waals surface area contributed by atoms with Crippen molar-refractivity contribution >= 4 is 10.5 Å². The molecule has 2 N–H and O–H groups in total. The summed E-state index contributed by atoms with van der Waals surface area (Å²) in [5, 5.41) is 18.3. The van der Waals surface area contributed by atoms with Crippen molar-refractivity contribution in [1.82, 2.24) is 0 Å². The lowest BCUT2D eigenvalue weighted by atomic mass is 10.0. The molecule has 0 saturated carbocycles. The Bertz CT molecular complexity index is 404. The molecule has 0 fully saturated rings. The molecule has 19 heavy (non-hydrogen) atoms. The molecule has 0 aromatic heterocycles. The molecule has 108 valence electrons. The molecule has 1 rings (SSSR count). The van der Waals surface area contributed by atoms with Crippen molar-refractivity contribution in [3.8, 4) is 0 Å². The second-order valence-corrected chi connectivity index (χ2v) is 4.76. The van der Waals surface area contributed by atoms with Crippen LogP contribution < -0.4 is 0 Å². The maximum Gasteiger partial charge on any atom is 0.267 e. The molecule has 0 radical (unpaired) electrons. The first-order valence-corrected chi connectivity index (χ1v) is 6.80. The molecule has 1 aromatic rings. The van der Waals surface area contributed by atoms with Gasteiger partial charge in [0.05, 0.1) is 0 Å². The van der Waals surface area contributed by atoms with Crippen LogP contribution >= 0.6 is 0 Å². The molecule has 0 saturated heterocycles. The molecular formula is C12H17F3O3Si. The van der Waals surface area contributed by atoms with E-state index >= 15 is 0 Å². The van der Waals surface area contributed by atoms with Crippen LogP contribution in [0, 0.1) is 17.5 Å². The number of halogens is 3. The quantitative estimate of drug-likeness (QED) is 0.450. The maximum atomic E-state index is 13.3. The van der Waals surface area contributed by atoms with Crippen LogP contribution in [-0.2, 0) is 10.8 Å². The number of unbranched alkanes of at least 4 members (excludes halogenated alkanes) is 2. The summed E-state index contributed by atoms with van der Waals surface area (Å²) in [7, 11) is 0.208. The lowest BCUT2D eigenvalue weighted by Gasteiger charge is -2.19. The highest BCUT2D eigenvalue weighted by molar-refractivity contribution is 5.98. The van der Waals surface area contributed by atoms with E-state index in [1.165, 1.54) is 0 Å². The van der Waals surface area contributed by atoms with Gasteiger partial charge in [-0.1, -0.05) is 6.42 Å². The molecule has 7 heteroatoms. The Kier molecular flexibility index (Phi) is 5.99. The Morgan fingerprint density at radius 1 is 1.05 bits per heavy atom. The van der Waals surface area contributed by atoms with E-state index in [1.54, 1.807) is 0 Å². The second-order valence-electron chi connectivity index (χ2n) is 4.36. The minimum Gasteiger partial charge on any atom is -0.381 e. The van der Waals surface area contributed by atoms with Crippen LogP contribution in [0.2, 0.25) is 0 Å². The van der Waals surface area contributed by atoms with Gasteiger partial charge in [0.15, 0.2) is 10.5 Å². The predicted molar refractivity (Wildman–Crippen MR) is 66.7 cm³/mol. The summed E-state index contributed by atoms with van der Waals surface area (Å²) in [6.07, 6.45) is 1.68. The zero-order valence-electron chi connectivity index (χ0n) is 10.6. The van der Waals surface area contributed by atoms with Crippen molar-refractivity contribution in [1.29, 1.82) is 0 Å². The number of hydrogen-bond donors (Lipinski definition) is 2. The first-order valence-electron chi connectivity index (χ1n) is 5.99. The summed E-state index contributed by atoms with van der Waals surface area (Å²) in [6, 6.07) is 1.31. The third-order valence-corrected chi connectivity index (χ3v) is 3.52. The lowest BCUT2D eigenvalue weighted by Crippen LogP contribution is -2.30. The molecule has 0 aliphatic carbocycles. The SMILES string of the molecule is OC(O)(CCCCCc1c(F)cc(F)cc1F)O[SiH3]. The van der Waals surface area contributed by atoms with Gasteiger partial charge in [0.25, 0.3) is 5.97 Å². The van der Waals surface area contributed by atoms with Crippen molar-refractivity contribution in [3.63, 3.8) is 0 Å². The minimum atomic E-state index is -2.10. The fourth-order valence-electron chi connectivity index (χ4n) is 1.75. The maximum absolute atomic E-state index is 13.3. The predicted octanol–water partition coefficient (Wildman–Crippen LogP) is 1.14. The lowest BCUT2D eigenvalue weighted by molar-refractivity contribution is -0.295. The molecule has 0 amide bonds. The molecule has 0 spiro atoms. The Morgan fingerprint density at radius 2 is 1.63 bits per heavy atom. The van der Waals surface area contributed by atoms with Gasteiger partial charge in [-0.25, -0.2) is 13.2 Å².